The molecule has 0 aliphatic heterocycles. The Morgan fingerprint density at radius 2 is 1.01 bits per heavy atom. The number of aliphatic hydroxyl groups excluding tert-OH is 1. The predicted octanol–water partition coefficient (Wildman–Crippen LogP) is 15.2. The van der Waals surface area contributed by atoms with E-state index in [1.807, 2.05) is 152 Å². The van der Waals surface area contributed by atoms with Gasteiger partial charge in [-0.2, -0.15) is 67.5 Å². The van der Waals surface area contributed by atoms with Crippen LogP contribution in [0.5, 0.6) is 0 Å². The van der Waals surface area contributed by atoms with Crippen LogP contribution >= 0.6 is 0 Å². The molecule has 0 saturated carbocycles. The number of aryl methyl sites for hydroxylation is 6. The number of para-hydroxylation sites is 1. The van der Waals surface area contributed by atoms with Crippen LogP contribution in [-0.2, 0) is 80.4 Å². The second kappa shape index (κ2) is 39.3. The number of aliphatic hydroxyl groups is 1. The zero-order valence-electron chi connectivity index (χ0n) is 55.1. The molecule has 4 radical (unpaired) electrons. The first kappa shape index (κ1) is 79.6. The number of benzene rings is 7. The predicted molar refractivity (Wildman–Crippen MR) is 365 cm³/mol. The fourth-order valence-electron chi connectivity index (χ4n) is 10.4. The molecular formula is C77H66Ir4N16O2-4. The topological polar surface area (TPSA) is 236 Å². The van der Waals surface area contributed by atoms with E-state index in [-0.39, 0.29) is 97.8 Å². The summed E-state index contributed by atoms with van der Waals surface area (Å²) in [6.07, 6.45) is 12.2. The Morgan fingerprint density at radius 3 is 1.44 bits per heavy atom. The molecule has 0 unspecified atom stereocenters. The van der Waals surface area contributed by atoms with E-state index in [0.29, 0.717) is 40.2 Å². The van der Waals surface area contributed by atoms with Gasteiger partial charge in [0.05, 0.1) is 23.0 Å². The number of hydrogen-bond donors (Lipinski definition) is 1. The third-order valence-electron chi connectivity index (χ3n) is 14.7. The van der Waals surface area contributed by atoms with E-state index in [1.54, 1.807) is 92.0 Å². The average molecular weight is 2020 g/mol. The van der Waals surface area contributed by atoms with Crippen LogP contribution in [0.25, 0.3) is 57.2 Å². The summed E-state index contributed by atoms with van der Waals surface area (Å²) in [7, 11) is 0. The second-order valence-corrected chi connectivity index (χ2v) is 21.7. The van der Waals surface area contributed by atoms with Gasteiger partial charge in [0.25, 0.3) is 5.95 Å². The van der Waals surface area contributed by atoms with E-state index in [9.17, 15) is 9.90 Å². The maximum absolute atomic E-state index is 11.8. The molecule has 13 aromatic rings. The fraction of sp³-hybridized carbons (Fsp3) is 0.143. The number of hydrogen-bond acceptors (Lipinski definition) is 13. The van der Waals surface area contributed by atoms with Crippen LogP contribution in [0, 0.1) is 99.8 Å². The van der Waals surface area contributed by atoms with Gasteiger partial charge in [0.2, 0.25) is 5.82 Å². The van der Waals surface area contributed by atoms with Crippen molar-refractivity contribution in [2.75, 3.05) is 0 Å². The molecule has 0 atom stereocenters. The van der Waals surface area contributed by atoms with Crippen molar-refractivity contribution in [1.82, 2.24) is 63.9 Å². The van der Waals surface area contributed by atoms with Gasteiger partial charge in [0.15, 0.2) is 17.2 Å². The Hall–Kier alpha value is -10.1. The molecule has 18 nitrogen and oxygen atoms in total. The zero-order valence-corrected chi connectivity index (χ0v) is 64.7. The SMILES string of the molecule is CCC(CC)c1c[c-]c(-n2ccc(C#N)n2)cn1.Cc1cc(C)c(-n2nc(-n3cccn3)nc2-c2[c-]cccc2)c(C)c1.Cc1cc(C)c(-n2nc(C#N)nc2-c2[c-]cccc2)c(C)c1.N#Cc1ccn(-c2[c-]cccc2)n1.O=C(C=C(O)c1ccccc1)c1ccccc1.[Ir].[Ir].[Ir].[Ir]. The Kier molecular flexibility index (Phi) is 31.6. The van der Waals surface area contributed by atoms with Crippen molar-refractivity contribution in [3.63, 3.8) is 0 Å². The minimum absolute atomic E-state index is 0. The first-order valence-electron chi connectivity index (χ1n) is 30.5. The van der Waals surface area contributed by atoms with E-state index in [0.717, 1.165) is 80.5 Å². The third kappa shape index (κ3) is 21.2. The number of pyridine rings is 1. The molecule has 6 heterocycles. The maximum Gasteiger partial charge on any atom is 0.260 e. The normalized spacial score (nSPS) is 10.2. The van der Waals surface area contributed by atoms with Gasteiger partial charge in [0.1, 0.15) is 24.0 Å². The molecule has 99 heavy (non-hydrogen) atoms. The van der Waals surface area contributed by atoms with Gasteiger partial charge in [-0.3, -0.25) is 23.5 Å². The molecule has 6 aromatic heterocycles. The second-order valence-electron chi connectivity index (χ2n) is 21.7. The Bertz CT molecular complexity index is 4780. The first-order chi connectivity index (χ1) is 46.2. The number of allylic oxidation sites excluding steroid dienone is 1. The van der Waals surface area contributed by atoms with Gasteiger partial charge in [0, 0.05) is 122 Å². The van der Waals surface area contributed by atoms with Crippen molar-refractivity contribution in [2.45, 2.75) is 74.1 Å². The van der Waals surface area contributed by atoms with Gasteiger partial charge >= 0.3 is 0 Å². The third-order valence-corrected chi connectivity index (χ3v) is 14.7. The van der Waals surface area contributed by atoms with Gasteiger partial charge in [-0.05, 0) is 99.3 Å². The quantitative estimate of drug-likeness (QED) is 0.0490. The van der Waals surface area contributed by atoms with Crippen molar-refractivity contribution < 1.29 is 90.3 Å². The first-order valence-corrected chi connectivity index (χ1v) is 30.5. The van der Waals surface area contributed by atoms with E-state index >= 15 is 0 Å². The van der Waals surface area contributed by atoms with E-state index < -0.39 is 0 Å². The zero-order chi connectivity index (χ0) is 67.2. The number of nitrogens with zero attached hydrogens (tertiary/aromatic N) is 16. The molecule has 0 bridgehead atoms. The smallest absolute Gasteiger partial charge is 0.260 e. The maximum atomic E-state index is 11.8. The molecule has 0 fully saturated rings. The Labute approximate surface area is 630 Å². The summed E-state index contributed by atoms with van der Waals surface area (Å²) in [6, 6.07) is 74.9. The minimum atomic E-state index is -0.202. The fourth-order valence-corrected chi connectivity index (χ4v) is 10.4. The molecule has 7 aromatic carbocycles. The van der Waals surface area contributed by atoms with Crippen molar-refractivity contribution >= 4 is 11.5 Å². The average Bonchev–Trinajstić information content (AvgIpc) is 1.66. The van der Waals surface area contributed by atoms with Crippen LogP contribution < -0.4 is 0 Å². The number of aromatic nitrogens is 13. The minimum Gasteiger partial charge on any atom is -0.507 e. The summed E-state index contributed by atoms with van der Waals surface area (Å²) in [5, 5.41) is 57.7. The van der Waals surface area contributed by atoms with Gasteiger partial charge in [-0.15, -0.1) is 88.1 Å². The van der Waals surface area contributed by atoms with Crippen LogP contribution in [-0.4, -0.2) is 74.7 Å². The molecular weight excluding hydrogens is 1950 g/mol. The van der Waals surface area contributed by atoms with Crippen molar-refractivity contribution in [1.29, 1.82) is 15.8 Å². The molecule has 506 valence electrons. The van der Waals surface area contributed by atoms with E-state index in [4.69, 9.17) is 25.9 Å². The van der Waals surface area contributed by atoms with Crippen LogP contribution in [0.1, 0.15) is 105 Å². The van der Waals surface area contributed by atoms with Crippen LogP contribution in [0.15, 0.2) is 219 Å². The summed E-state index contributed by atoms with van der Waals surface area (Å²) < 4.78 is 8.55. The monoisotopic (exact) mass is 2020 g/mol. The molecule has 0 spiro atoms. The number of carbonyl (C=O) groups is 1. The molecule has 13 rings (SSSR count). The number of nitriles is 3. The Balaban J connectivity index is 0.000000224. The number of ketones is 1. The van der Waals surface area contributed by atoms with Crippen LogP contribution in [0.3, 0.4) is 0 Å². The van der Waals surface area contributed by atoms with Crippen molar-refractivity contribution in [3.05, 3.63) is 311 Å². The van der Waals surface area contributed by atoms with Crippen LogP contribution in [0.4, 0.5) is 0 Å². The Morgan fingerprint density at radius 1 is 0.525 bits per heavy atom. The largest absolute Gasteiger partial charge is 0.507 e. The standard InChI is InChI=1S/C20H18N5.C18H15N4.C15H12O2.C14H15N4.C10H6N3.4Ir/c1-14-12-15(2)18(16(3)13-14)25-19(17-8-5-4-6-9-17)22-20(23-25)24-11-7-10-21-24;1-12-9-13(2)17(14(3)10-12)22-18(20-16(11-19)21-22)15-7-5-4-6-8-15;16-14(12-7-3-1-4-8-12)11-15(17)13-9-5-2-6-10-13;1-3-11(4-2)14-6-5-13(10-16-14)18-8-7-12(9-15)17-18;11-8-9-6-7-13(12-9)10-4-2-1-3-5-10;;;;/h4-8,10-13H,1-3H3;4-7,9-10H,1-3H3;1-11,16H;6-8,10-11H,3-4H2,1-2H3;1-4,6-7H;;;;/q2*-1;;2*-1;;;;. The van der Waals surface area contributed by atoms with E-state index in [1.165, 1.54) is 17.2 Å². The summed E-state index contributed by atoms with van der Waals surface area (Å²) in [4.78, 5) is 25.3. The summed E-state index contributed by atoms with van der Waals surface area (Å²) in [5.74, 6) is 2.35. The molecule has 0 saturated heterocycles. The summed E-state index contributed by atoms with van der Waals surface area (Å²) in [5.41, 5.74) is 15.3. The molecule has 22 heteroatoms. The van der Waals surface area contributed by atoms with Gasteiger partial charge < -0.3 is 10.1 Å². The van der Waals surface area contributed by atoms with Crippen molar-refractivity contribution in [3.8, 4) is 69.7 Å². The van der Waals surface area contributed by atoms with Crippen LogP contribution in [0.2, 0.25) is 0 Å². The van der Waals surface area contributed by atoms with Gasteiger partial charge in [-0.25, -0.2) is 14.6 Å². The van der Waals surface area contributed by atoms with E-state index in [2.05, 4.69) is 120 Å². The van der Waals surface area contributed by atoms with Gasteiger partial charge in [-0.1, -0.05) is 135 Å². The number of rotatable bonds is 13. The molecule has 0 aliphatic carbocycles. The molecule has 0 aliphatic rings. The summed E-state index contributed by atoms with van der Waals surface area (Å²) in [6.45, 7) is 16.8. The van der Waals surface area contributed by atoms with Crippen molar-refractivity contribution in [2.24, 2.45) is 0 Å². The summed E-state index contributed by atoms with van der Waals surface area (Å²) >= 11 is 0. The molecule has 1 N–H and O–H groups in total. The number of carbonyl (C=O) groups excluding carboxylic acids is 1. The molecule has 0 amide bonds.